The molecule has 0 fully saturated rings. The van der Waals surface area contributed by atoms with Crippen molar-refractivity contribution in [1.29, 1.82) is 0 Å². The van der Waals surface area contributed by atoms with Gasteiger partial charge in [-0.25, -0.2) is 10.4 Å². The van der Waals surface area contributed by atoms with Crippen LogP contribution in [0.25, 0.3) is 0 Å². The molecule has 0 saturated carbocycles. The first-order valence-electron chi connectivity index (χ1n) is 6.63. The van der Waals surface area contributed by atoms with Crippen LogP contribution in [0.5, 0.6) is 0 Å². The Balaban J connectivity index is 2.32. The Kier molecular flexibility index (Phi) is 4.55. The number of carbonyl (C=O) groups excluding carboxylic acids is 2. The second kappa shape index (κ2) is 6.20. The SMILES string of the molecule is CC(C)(C)NN(C(=O)c1ccccc1)C(=O)c1cccs1. The number of benzene rings is 1. The maximum atomic E-state index is 12.6. The first-order chi connectivity index (χ1) is 9.88. The number of nitrogens with zero attached hydrogens (tertiary/aromatic N) is 1. The van der Waals surface area contributed by atoms with Crippen LogP contribution in [-0.4, -0.2) is 22.4 Å². The van der Waals surface area contributed by atoms with E-state index in [4.69, 9.17) is 0 Å². The highest BCUT2D eigenvalue weighted by Gasteiger charge is 2.28. The van der Waals surface area contributed by atoms with Crippen LogP contribution in [-0.2, 0) is 0 Å². The van der Waals surface area contributed by atoms with E-state index in [-0.39, 0.29) is 11.8 Å². The summed E-state index contributed by atoms with van der Waals surface area (Å²) < 4.78 is 0. The molecule has 0 bridgehead atoms. The summed E-state index contributed by atoms with van der Waals surface area (Å²) >= 11 is 1.31. The molecule has 2 amide bonds. The third-order valence-electron chi connectivity index (χ3n) is 2.61. The minimum absolute atomic E-state index is 0.339. The number of hydrogen-bond acceptors (Lipinski definition) is 4. The smallest absolute Gasteiger partial charge is 0.267 e. The Morgan fingerprint density at radius 3 is 2.19 bits per heavy atom. The van der Waals surface area contributed by atoms with Crippen molar-refractivity contribution in [3.63, 3.8) is 0 Å². The van der Waals surface area contributed by atoms with Crippen molar-refractivity contribution in [2.45, 2.75) is 26.3 Å². The Labute approximate surface area is 128 Å². The standard InChI is InChI=1S/C16H18N2O2S/c1-16(2,3)17-18(15(20)13-10-7-11-21-13)14(19)12-8-5-4-6-9-12/h4-11,17H,1-3H3. The third kappa shape index (κ3) is 4.00. The molecule has 0 aliphatic carbocycles. The van der Waals surface area contributed by atoms with E-state index in [1.54, 1.807) is 36.4 Å². The number of amides is 2. The van der Waals surface area contributed by atoms with E-state index in [1.165, 1.54) is 11.3 Å². The molecule has 1 heterocycles. The molecule has 0 spiro atoms. The van der Waals surface area contributed by atoms with Crippen molar-refractivity contribution >= 4 is 23.2 Å². The van der Waals surface area contributed by atoms with Gasteiger partial charge in [-0.1, -0.05) is 24.3 Å². The van der Waals surface area contributed by atoms with Crippen molar-refractivity contribution < 1.29 is 9.59 Å². The molecule has 0 unspecified atom stereocenters. The molecule has 4 nitrogen and oxygen atoms in total. The molecule has 0 saturated heterocycles. The molecule has 0 aliphatic heterocycles. The summed E-state index contributed by atoms with van der Waals surface area (Å²) in [6.07, 6.45) is 0. The van der Waals surface area contributed by atoms with Gasteiger partial charge < -0.3 is 0 Å². The fourth-order valence-electron chi connectivity index (χ4n) is 1.75. The Bertz CT molecular complexity index is 615. The second-order valence-electron chi connectivity index (χ2n) is 5.65. The third-order valence-corrected chi connectivity index (χ3v) is 3.46. The average Bonchev–Trinajstić information content (AvgIpc) is 2.97. The lowest BCUT2D eigenvalue weighted by molar-refractivity contribution is 0.0455. The van der Waals surface area contributed by atoms with E-state index in [9.17, 15) is 9.59 Å². The first-order valence-corrected chi connectivity index (χ1v) is 7.51. The maximum Gasteiger partial charge on any atom is 0.285 e. The predicted octanol–water partition coefficient (Wildman–Crippen LogP) is 3.33. The van der Waals surface area contributed by atoms with Gasteiger partial charge >= 0.3 is 0 Å². The van der Waals surface area contributed by atoms with Crippen molar-refractivity contribution in [1.82, 2.24) is 10.4 Å². The molecular formula is C16H18N2O2S. The zero-order valence-electron chi connectivity index (χ0n) is 12.3. The topological polar surface area (TPSA) is 49.4 Å². The second-order valence-corrected chi connectivity index (χ2v) is 6.60. The zero-order chi connectivity index (χ0) is 15.5. The van der Waals surface area contributed by atoms with Gasteiger partial charge in [0.1, 0.15) is 0 Å². The van der Waals surface area contributed by atoms with E-state index in [1.807, 2.05) is 32.2 Å². The van der Waals surface area contributed by atoms with E-state index in [0.717, 1.165) is 5.01 Å². The molecule has 0 aliphatic rings. The summed E-state index contributed by atoms with van der Waals surface area (Å²) in [5.41, 5.74) is 3.05. The molecule has 1 N–H and O–H groups in total. The van der Waals surface area contributed by atoms with Crippen LogP contribution in [0.1, 0.15) is 40.8 Å². The molecule has 0 radical (unpaired) electrons. The number of carbonyl (C=O) groups is 2. The Morgan fingerprint density at radius 1 is 1.00 bits per heavy atom. The lowest BCUT2D eigenvalue weighted by Crippen LogP contribution is -2.54. The first kappa shape index (κ1) is 15.4. The van der Waals surface area contributed by atoms with Crippen LogP contribution in [0.15, 0.2) is 47.8 Å². The number of nitrogens with one attached hydrogen (secondary N) is 1. The van der Waals surface area contributed by atoms with E-state index in [0.29, 0.717) is 10.4 Å². The predicted molar refractivity (Wildman–Crippen MR) is 84.1 cm³/mol. The Hall–Kier alpha value is -1.98. The monoisotopic (exact) mass is 302 g/mol. The van der Waals surface area contributed by atoms with Crippen molar-refractivity contribution in [2.24, 2.45) is 0 Å². The zero-order valence-corrected chi connectivity index (χ0v) is 13.1. The fourth-order valence-corrected chi connectivity index (χ4v) is 2.40. The van der Waals surface area contributed by atoms with Gasteiger partial charge in [-0.2, -0.15) is 0 Å². The molecule has 0 atom stereocenters. The Morgan fingerprint density at radius 2 is 1.67 bits per heavy atom. The van der Waals surface area contributed by atoms with Crippen LogP contribution < -0.4 is 5.43 Å². The number of hydrazine groups is 1. The van der Waals surface area contributed by atoms with E-state index >= 15 is 0 Å². The minimum atomic E-state index is -0.405. The van der Waals surface area contributed by atoms with Gasteiger partial charge in [-0.05, 0) is 44.4 Å². The molecule has 5 heteroatoms. The van der Waals surface area contributed by atoms with Gasteiger partial charge in [0.25, 0.3) is 11.8 Å². The normalized spacial score (nSPS) is 11.2. The summed E-state index contributed by atoms with van der Waals surface area (Å²) in [6, 6.07) is 12.3. The van der Waals surface area contributed by atoms with Gasteiger partial charge in [0.15, 0.2) is 0 Å². The summed E-state index contributed by atoms with van der Waals surface area (Å²) in [4.78, 5) is 25.7. The minimum Gasteiger partial charge on any atom is -0.267 e. The van der Waals surface area contributed by atoms with E-state index < -0.39 is 5.54 Å². The van der Waals surface area contributed by atoms with Crippen LogP contribution in [0.3, 0.4) is 0 Å². The quantitative estimate of drug-likeness (QED) is 0.699. The highest BCUT2D eigenvalue weighted by Crippen LogP contribution is 2.15. The molecular weight excluding hydrogens is 284 g/mol. The largest absolute Gasteiger partial charge is 0.285 e. The van der Waals surface area contributed by atoms with Crippen LogP contribution in [0.2, 0.25) is 0 Å². The highest BCUT2D eigenvalue weighted by molar-refractivity contribution is 7.12. The van der Waals surface area contributed by atoms with Gasteiger partial charge in [-0.15, -0.1) is 11.3 Å². The summed E-state index contributed by atoms with van der Waals surface area (Å²) in [5, 5.41) is 2.91. The van der Waals surface area contributed by atoms with Crippen LogP contribution in [0, 0.1) is 0 Å². The summed E-state index contributed by atoms with van der Waals surface area (Å²) in [5.74, 6) is -0.697. The van der Waals surface area contributed by atoms with Gasteiger partial charge in [-0.3, -0.25) is 9.59 Å². The van der Waals surface area contributed by atoms with Crippen LogP contribution >= 0.6 is 11.3 Å². The van der Waals surface area contributed by atoms with Crippen molar-refractivity contribution in [3.05, 3.63) is 58.3 Å². The highest BCUT2D eigenvalue weighted by atomic mass is 32.1. The van der Waals surface area contributed by atoms with E-state index in [2.05, 4.69) is 5.43 Å². The van der Waals surface area contributed by atoms with Gasteiger partial charge in [0.05, 0.1) is 4.88 Å². The van der Waals surface area contributed by atoms with Gasteiger partial charge in [0, 0.05) is 11.1 Å². The number of hydrogen-bond donors (Lipinski definition) is 1. The van der Waals surface area contributed by atoms with Crippen LogP contribution in [0.4, 0.5) is 0 Å². The summed E-state index contributed by atoms with van der Waals surface area (Å²) in [6.45, 7) is 5.71. The maximum absolute atomic E-state index is 12.6. The molecule has 1 aromatic carbocycles. The molecule has 21 heavy (non-hydrogen) atoms. The van der Waals surface area contributed by atoms with Gasteiger partial charge in [0.2, 0.25) is 0 Å². The molecule has 110 valence electrons. The number of thiophene rings is 1. The lowest BCUT2D eigenvalue weighted by atomic mass is 10.1. The average molecular weight is 302 g/mol. The molecule has 2 rings (SSSR count). The van der Waals surface area contributed by atoms with Crippen molar-refractivity contribution in [3.8, 4) is 0 Å². The summed E-state index contributed by atoms with van der Waals surface area (Å²) in [7, 11) is 0. The molecule has 2 aromatic rings. The molecule has 1 aromatic heterocycles. The fraction of sp³-hybridized carbons (Fsp3) is 0.250. The number of rotatable bonds is 3. The van der Waals surface area contributed by atoms with Crippen molar-refractivity contribution in [2.75, 3.05) is 0 Å². The number of imide groups is 1. The lowest BCUT2D eigenvalue weighted by Gasteiger charge is -2.29.